The van der Waals surface area contributed by atoms with Gasteiger partial charge in [-0.1, -0.05) is 24.3 Å². The quantitative estimate of drug-likeness (QED) is 0.916. The van der Waals surface area contributed by atoms with E-state index >= 15 is 0 Å². The van der Waals surface area contributed by atoms with Crippen molar-refractivity contribution >= 4 is 0 Å². The summed E-state index contributed by atoms with van der Waals surface area (Å²) in [5, 5.41) is 3.53. The molecule has 21 heavy (non-hydrogen) atoms. The number of nitrogens with zero attached hydrogens (tertiary/aromatic N) is 2. The Morgan fingerprint density at radius 3 is 3.10 bits per heavy atom. The van der Waals surface area contributed by atoms with E-state index in [1.54, 1.807) is 0 Å². The summed E-state index contributed by atoms with van der Waals surface area (Å²) in [6.45, 7) is 2.51. The fourth-order valence-electron chi connectivity index (χ4n) is 3.00. The van der Waals surface area contributed by atoms with Crippen LogP contribution in [0.15, 0.2) is 36.7 Å². The first-order valence-electron chi connectivity index (χ1n) is 7.83. The van der Waals surface area contributed by atoms with Crippen LogP contribution in [0.25, 0.3) is 0 Å². The van der Waals surface area contributed by atoms with E-state index in [0.717, 1.165) is 31.9 Å². The Morgan fingerprint density at radius 1 is 1.29 bits per heavy atom. The van der Waals surface area contributed by atoms with Crippen LogP contribution in [-0.4, -0.2) is 22.2 Å². The lowest BCUT2D eigenvalue weighted by Gasteiger charge is -2.26. The maximum absolute atomic E-state index is 6.00. The molecule has 2 aromatic rings. The monoisotopic (exact) mass is 283 g/mol. The summed E-state index contributed by atoms with van der Waals surface area (Å²) in [5.41, 5.74) is 2.75. The third kappa shape index (κ3) is 2.87. The van der Waals surface area contributed by atoms with Crippen LogP contribution in [0.2, 0.25) is 0 Å². The second-order valence-electron chi connectivity index (χ2n) is 5.96. The summed E-state index contributed by atoms with van der Waals surface area (Å²) < 4.78 is 8.23. The molecular weight excluding hydrogens is 262 g/mol. The molecule has 1 fully saturated rings. The molecular formula is C17H21N3O. The zero-order valence-corrected chi connectivity index (χ0v) is 12.2. The summed E-state index contributed by atoms with van der Waals surface area (Å²) in [4.78, 5) is 4.48. The molecule has 0 bridgehead atoms. The number of nitrogens with one attached hydrogen (secondary N) is 1. The normalized spacial score (nSPS) is 21.2. The van der Waals surface area contributed by atoms with Crippen LogP contribution < -0.4 is 5.32 Å². The van der Waals surface area contributed by atoms with E-state index in [1.807, 2.05) is 6.20 Å². The lowest BCUT2D eigenvalue weighted by molar-refractivity contribution is 0.0300. The highest BCUT2D eigenvalue weighted by molar-refractivity contribution is 5.30. The van der Waals surface area contributed by atoms with Crippen molar-refractivity contribution < 1.29 is 4.74 Å². The van der Waals surface area contributed by atoms with Crippen molar-refractivity contribution in [3.05, 3.63) is 53.6 Å². The van der Waals surface area contributed by atoms with Gasteiger partial charge in [0.1, 0.15) is 11.9 Å². The molecule has 1 aromatic carbocycles. The van der Waals surface area contributed by atoms with Gasteiger partial charge in [0, 0.05) is 18.4 Å². The van der Waals surface area contributed by atoms with Crippen LogP contribution in [-0.2, 0) is 24.2 Å². The van der Waals surface area contributed by atoms with Crippen LogP contribution in [0.1, 0.15) is 35.9 Å². The predicted octanol–water partition coefficient (Wildman–Crippen LogP) is 2.45. The second kappa shape index (κ2) is 5.62. The van der Waals surface area contributed by atoms with E-state index in [-0.39, 0.29) is 6.10 Å². The van der Waals surface area contributed by atoms with Crippen LogP contribution in [0, 0.1) is 0 Å². The van der Waals surface area contributed by atoms with Crippen LogP contribution in [0.5, 0.6) is 0 Å². The molecule has 1 aliphatic carbocycles. The number of hydrogen-bond acceptors (Lipinski definition) is 3. The summed E-state index contributed by atoms with van der Waals surface area (Å²) >= 11 is 0. The number of ether oxygens (including phenoxy) is 1. The van der Waals surface area contributed by atoms with Gasteiger partial charge in [0.25, 0.3) is 0 Å². The minimum atomic E-state index is 0.142. The van der Waals surface area contributed by atoms with E-state index in [1.165, 1.54) is 24.0 Å². The van der Waals surface area contributed by atoms with Crippen LogP contribution >= 0.6 is 0 Å². The van der Waals surface area contributed by atoms with Crippen molar-refractivity contribution in [1.29, 1.82) is 0 Å². The van der Waals surface area contributed by atoms with E-state index in [0.29, 0.717) is 6.04 Å². The highest BCUT2D eigenvalue weighted by Gasteiger charge is 2.23. The molecule has 110 valence electrons. The first-order valence-corrected chi connectivity index (χ1v) is 7.83. The van der Waals surface area contributed by atoms with Crippen molar-refractivity contribution in [2.24, 2.45) is 0 Å². The summed E-state index contributed by atoms with van der Waals surface area (Å²) in [6.07, 6.45) is 7.72. The Hall–Kier alpha value is -1.65. The number of benzene rings is 1. The van der Waals surface area contributed by atoms with Gasteiger partial charge in [0.05, 0.1) is 19.7 Å². The molecule has 0 saturated heterocycles. The van der Waals surface area contributed by atoms with Crippen molar-refractivity contribution in [3.63, 3.8) is 0 Å². The summed E-state index contributed by atoms with van der Waals surface area (Å²) in [7, 11) is 0. The molecule has 2 aliphatic rings. The second-order valence-corrected chi connectivity index (χ2v) is 5.96. The Morgan fingerprint density at radius 2 is 2.19 bits per heavy atom. The SMILES string of the molecule is c1ccc2c(c1)CCOC2Cn1ccnc1CNC1CC1. The average Bonchev–Trinajstić information content (AvgIpc) is 3.25. The minimum Gasteiger partial charge on any atom is -0.371 e. The fourth-order valence-corrected chi connectivity index (χ4v) is 3.00. The van der Waals surface area contributed by atoms with Crippen molar-refractivity contribution in [2.45, 2.75) is 44.5 Å². The van der Waals surface area contributed by atoms with E-state index in [2.05, 4.69) is 45.3 Å². The number of fused-ring (bicyclic) bond motifs is 1. The van der Waals surface area contributed by atoms with E-state index in [9.17, 15) is 0 Å². The molecule has 0 amide bonds. The van der Waals surface area contributed by atoms with Gasteiger partial charge in [-0.3, -0.25) is 0 Å². The highest BCUT2D eigenvalue weighted by atomic mass is 16.5. The Bertz CT molecular complexity index is 618. The van der Waals surface area contributed by atoms with Gasteiger partial charge in [-0.15, -0.1) is 0 Å². The molecule has 1 aromatic heterocycles. The Labute approximate surface area is 125 Å². The van der Waals surface area contributed by atoms with Gasteiger partial charge >= 0.3 is 0 Å². The van der Waals surface area contributed by atoms with E-state index in [4.69, 9.17) is 4.74 Å². The molecule has 1 atom stereocenters. The number of rotatable bonds is 5. The fraction of sp³-hybridized carbons (Fsp3) is 0.471. The zero-order valence-electron chi connectivity index (χ0n) is 12.2. The standard InChI is InChI=1S/C17H21N3O/c1-2-4-15-13(3-1)7-10-21-16(15)12-20-9-8-18-17(20)11-19-14-5-6-14/h1-4,8-9,14,16,19H,5-7,10-12H2. The van der Waals surface area contributed by atoms with Gasteiger partial charge in [-0.05, 0) is 30.4 Å². The van der Waals surface area contributed by atoms with Crippen LogP contribution in [0.4, 0.5) is 0 Å². The third-order valence-corrected chi connectivity index (χ3v) is 4.38. The molecule has 1 unspecified atom stereocenters. The first-order chi connectivity index (χ1) is 10.4. The van der Waals surface area contributed by atoms with Crippen molar-refractivity contribution in [1.82, 2.24) is 14.9 Å². The molecule has 1 saturated carbocycles. The van der Waals surface area contributed by atoms with Gasteiger partial charge in [-0.25, -0.2) is 4.98 Å². The molecule has 4 heteroatoms. The highest BCUT2D eigenvalue weighted by Crippen LogP contribution is 2.28. The molecule has 0 radical (unpaired) electrons. The maximum atomic E-state index is 6.00. The number of aromatic nitrogens is 2. The topological polar surface area (TPSA) is 39.1 Å². The van der Waals surface area contributed by atoms with Gasteiger partial charge in [0.2, 0.25) is 0 Å². The first kappa shape index (κ1) is 13.0. The van der Waals surface area contributed by atoms with Crippen LogP contribution in [0.3, 0.4) is 0 Å². The lowest BCUT2D eigenvalue weighted by atomic mass is 9.97. The largest absolute Gasteiger partial charge is 0.371 e. The van der Waals surface area contributed by atoms with Crippen molar-refractivity contribution in [3.8, 4) is 0 Å². The molecule has 4 rings (SSSR count). The average molecular weight is 283 g/mol. The molecule has 0 spiro atoms. The third-order valence-electron chi connectivity index (χ3n) is 4.38. The summed E-state index contributed by atoms with van der Waals surface area (Å²) in [5.74, 6) is 1.11. The lowest BCUT2D eigenvalue weighted by Crippen LogP contribution is -2.23. The molecule has 1 N–H and O–H groups in total. The van der Waals surface area contributed by atoms with Gasteiger partial charge in [-0.2, -0.15) is 0 Å². The Balaban J connectivity index is 1.50. The van der Waals surface area contributed by atoms with Crippen molar-refractivity contribution in [2.75, 3.05) is 6.61 Å². The van der Waals surface area contributed by atoms with E-state index < -0.39 is 0 Å². The number of hydrogen-bond donors (Lipinski definition) is 1. The number of imidazole rings is 1. The minimum absolute atomic E-state index is 0.142. The molecule has 4 nitrogen and oxygen atoms in total. The van der Waals surface area contributed by atoms with Gasteiger partial charge in [0.15, 0.2) is 0 Å². The van der Waals surface area contributed by atoms with Gasteiger partial charge < -0.3 is 14.6 Å². The smallest absolute Gasteiger partial charge is 0.122 e. The predicted molar refractivity (Wildman–Crippen MR) is 80.9 cm³/mol. The maximum Gasteiger partial charge on any atom is 0.122 e. The zero-order chi connectivity index (χ0) is 14.1. The molecule has 1 aliphatic heterocycles. The summed E-state index contributed by atoms with van der Waals surface area (Å²) in [6, 6.07) is 9.33. The Kier molecular flexibility index (Phi) is 3.49. The molecule has 2 heterocycles.